The summed E-state index contributed by atoms with van der Waals surface area (Å²) in [4.78, 5) is 32.8. The summed E-state index contributed by atoms with van der Waals surface area (Å²) >= 11 is 1.63. The summed E-state index contributed by atoms with van der Waals surface area (Å²) in [6.07, 6.45) is 3.32. The van der Waals surface area contributed by atoms with Gasteiger partial charge in [0.05, 0.1) is 24.9 Å². The van der Waals surface area contributed by atoms with E-state index < -0.39 is 6.04 Å². The first kappa shape index (κ1) is 24.0. The Morgan fingerprint density at radius 2 is 2.12 bits per heavy atom. The van der Waals surface area contributed by atoms with Crippen LogP contribution in [0.15, 0.2) is 23.7 Å². The second-order valence-electron chi connectivity index (χ2n) is 8.37. The third-order valence-electron chi connectivity index (χ3n) is 5.67. The van der Waals surface area contributed by atoms with Gasteiger partial charge in [0.1, 0.15) is 6.04 Å². The molecule has 0 unspecified atom stereocenters. The van der Waals surface area contributed by atoms with Crippen molar-refractivity contribution in [3.63, 3.8) is 0 Å². The molecular weight excluding hydrogens is 426 g/mol. The number of nitrogens with one attached hydrogen (secondary N) is 1. The van der Waals surface area contributed by atoms with Gasteiger partial charge in [0.2, 0.25) is 11.8 Å². The maximum absolute atomic E-state index is 13.0. The number of carbonyl (C=O) groups is 2. The van der Waals surface area contributed by atoms with E-state index in [4.69, 9.17) is 9.47 Å². The van der Waals surface area contributed by atoms with Gasteiger partial charge >= 0.3 is 0 Å². The van der Waals surface area contributed by atoms with Crippen LogP contribution in [0, 0.1) is 12.8 Å². The third kappa shape index (κ3) is 6.00. The Morgan fingerprint density at radius 1 is 1.31 bits per heavy atom. The van der Waals surface area contributed by atoms with Gasteiger partial charge < -0.3 is 19.7 Å². The van der Waals surface area contributed by atoms with Crippen molar-refractivity contribution in [2.24, 2.45) is 5.92 Å². The third-order valence-corrected chi connectivity index (χ3v) is 6.67. The lowest BCUT2D eigenvalue weighted by Crippen LogP contribution is -2.49. The molecule has 2 aromatic rings. The van der Waals surface area contributed by atoms with E-state index in [-0.39, 0.29) is 17.7 Å². The van der Waals surface area contributed by atoms with Gasteiger partial charge in [-0.1, -0.05) is 19.9 Å². The van der Waals surface area contributed by atoms with Crippen LogP contribution in [0.5, 0.6) is 11.5 Å². The first-order chi connectivity index (χ1) is 15.4. The summed E-state index contributed by atoms with van der Waals surface area (Å²) in [6.45, 7) is 7.28. The fourth-order valence-corrected chi connectivity index (χ4v) is 4.60. The molecule has 7 nitrogen and oxygen atoms in total. The van der Waals surface area contributed by atoms with Crippen molar-refractivity contribution in [3.05, 3.63) is 39.8 Å². The van der Waals surface area contributed by atoms with Gasteiger partial charge in [-0.2, -0.15) is 0 Å². The normalized spacial score (nSPS) is 16.4. The Morgan fingerprint density at radius 3 is 2.81 bits per heavy atom. The topological polar surface area (TPSA) is 80.8 Å². The van der Waals surface area contributed by atoms with Crippen molar-refractivity contribution in [2.75, 3.05) is 20.3 Å². The van der Waals surface area contributed by atoms with Crippen LogP contribution in [-0.4, -0.2) is 48.0 Å². The highest BCUT2D eigenvalue weighted by atomic mass is 32.1. The Hall–Kier alpha value is -2.61. The number of hydrogen-bond acceptors (Lipinski definition) is 6. The second-order valence-corrected chi connectivity index (χ2v) is 9.31. The van der Waals surface area contributed by atoms with E-state index in [9.17, 15) is 9.59 Å². The summed E-state index contributed by atoms with van der Waals surface area (Å²) in [5.74, 6) is 0.997. The molecule has 3 rings (SSSR count). The van der Waals surface area contributed by atoms with E-state index in [0.29, 0.717) is 37.6 Å². The minimum Gasteiger partial charge on any atom is -0.493 e. The molecule has 0 spiro atoms. The van der Waals surface area contributed by atoms with Gasteiger partial charge in [0, 0.05) is 30.3 Å². The Bertz CT molecular complexity index is 928. The molecule has 1 aliphatic rings. The lowest BCUT2D eigenvalue weighted by atomic mass is 10.0. The number of aromatic nitrogens is 1. The number of benzene rings is 1. The molecule has 1 aromatic carbocycles. The molecule has 2 amide bonds. The monoisotopic (exact) mass is 459 g/mol. The van der Waals surface area contributed by atoms with Crippen molar-refractivity contribution >= 4 is 23.2 Å². The van der Waals surface area contributed by atoms with Gasteiger partial charge in [0.15, 0.2) is 11.5 Å². The lowest BCUT2D eigenvalue weighted by Gasteiger charge is -2.31. The first-order valence-corrected chi connectivity index (χ1v) is 12.1. The molecular formula is C24H33N3O4S. The molecule has 2 heterocycles. The molecule has 174 valence electrons. The largest absolute Gasteiger partial charge is 0.493 e. The quantitative estimate of drug-likeness (QED) is 0.618. The van der Waals surface area contributed by atoms with Crippen LogP contribution >= 0.6 is 11.3 Å². The van der Waals surface area contributed by atoms with Gasteiger partial charge in [0.25, 0.3) is 0 Å². The van der Waals surface area contributed by atoms with Crippen molar-refractivity contribution in [2.45, 2.75) is 59.0 Å². The molecule has 0 aliphatic carbocycles. The van der Waals surface area contributed by atoms with Gasteiger partial charge in [-0.3, -0.25) is 9.59 Å². The van der Waals surface area contributed by atoms with E-state index >= 15 is 0 Å². The standard InChI is InChI=1S/C24H33N3O4S/c1-16(2)24(29)27(19-7-5-6-11-25-23(19)28)14-18-8-9-20(21(13-18)30-4)31-12-10-22-17(3)26-15-32-22/h8-9,13,15-16,19H,5-7,10-12,14H2,1-4H3,(H,25,28)/t19-/m0/s1. The summed E-state index contributed by atoms with van der Waals surface area (Å²) in [5.41, 5.74) is 3.79. The zero-order valence-corrected chi connectivity index (χ0v) is 20.2. The summed E-state index contributed by atoms with van der Waals surface area (Å²) in [5, 5.41) is 2.94. The van der Waals surface area contributed by atoms with Crippen LogP contribution in [0.2, 0.25) is 0 Å². The second kappa shape index (κ2) is 11.3. The zero-order chi connectivity index (χ0) is 23.1. The van der Waals surface area contributed by atoms with Gasteiger partial charge in [-0.15, -0.1) is 11.3 Å². The molecule has 1 fully saturated rings. The van der Waals surface area contributed by atoms with Crippen LogP contribution in [0.4, 0.5) is 0 Å². The van der Waals surface area contributed by atoms with Crippen LogP contribution in [0.1, 0.15) is 49.2 Å². The molecule has 1 aromatic heterocycles. The van der Waals surface area contributed by atoms with Crippen molar-refractivity contribution in [1.82, 2.24) is 15.2 Å². The molecule has 32 heavy (non-hydrogen) atoms. The Labute approximate surface area is 194 Å². The molecule has 8 heteroatoms. The SMILES string of the molecule is COc1cc(CN(C(=O)C(C)C)[C@H]2CCCCNC2=O)ccc1OCCc1scnc1C. The van der Waals surface area contributed by atoms with E-state index in [1.54, 1.807) is 23.3 Å². The minimum absolute atomic E-state index is 0.0220. The number of nitrogens with zero attached hydrogens (tertiary/aromatic N) is 2. The van der Waals surface area contributed by atoms with Crippen molar-refractivity contribution in [3.8, 4) is 11.5 Å². The predicted octanol–water partition coefficient (Wildman–Crippen LogP) is 3.73. The maximum Gasteiger partial charge on any atom is 0.242 e. The first-order valence-electron chi connectivity index (χ1n) is 11.2. The highest BCUT2D eigenvalue weighted by Crippen LogP contribution is 2.30. The number of aryl methyl sites for hydroxylation is 1. The van der Waals surface area contributed by atoms with E-state index in [0.717, 1.165) is 30.5 Å². The van der Waals surface area contributed by atoms with E-state index in [1.807, 2.05) is 44.5 Å². The number of thiazole rings is 1. The molecule has 1 N–H and O–H groups in total. The average Bonchev–Trinajstić information content (AvgIpc) is 3.06. The molecule has 0 saturated carbocycles. The number of rotatable bonds is 9. The summed E-state index contributed by atoms with van der Waals surface area (Å²) in [7, 11) is 1.61. The molecule has 1 atom stereocenters. The summed E-state index contributed by atoms with van der Waals surface area (Å²) < 4.78 is 11.5. The number of methoxy groups -OCH3 is 1. The lowest BCUT2D eigenvalue weighted by molar-refractivity contribution is -0.143. The fourth-order valence-electron chi connectivity index (χ4n) is 3.84. The smallest absolute Gasteiger partial charge is 0.242 e. The maximum atomic E-state index is 13.0. The molecule has 0 radical (unpaired) electrons. The van der Waals surface area contributed by atoms with E-state index in [1.165, 1.54) is 4.88 Å². The number of carbonyl (C=O) groups excluding carboxylic acids is 2. The Balaban J connectivity index is 1.73. The van der Waals surface area contributed by atoms with Gasteiger partial charge in [-0.05, 0) is 43.9 Å². The van der Waals surface area contributed by atoms with Crippen molar-refractivity contribution < 1.29 is 19.1 Å². The Kier molecular flexibility index (Phi) is 8.50. The molecule has 1 aliphatic heterocycles. The van der Waals surface area contributed by atoms with Crippen LogP contribution in [0.25, 0.3) is 0 Å². The number of ether oxygens (including phenoxy) is 2. The highest BCUT2D eigenvalue weighted by Gasteiger charge is 2.32. The minimum atomic E-state index is -0.447. The zero-order valence-electron chi connectivity index (χ0n) is 19.3. The molecule has 1 saturated heterocycles. The van der Waals surface area contributed by atoms with Crippen LogP contribution in [-0.2, 0) is 22.6 Å². The average molecular weight is 460 g/mol. The fraction of sp³-hybridized carbons (Fsp3) is 0.542. The highest BCUT2D eigenvalue weighted by molar-refractivity contribution is 7.09. The number of hydrogen-bond donors (Lipinski definition) is 1. The summed E-state index contributed by atoms with van der Waals surface area (Å²) in [6, 6.07) is 5.25. The van der Waals surface area contributed by atoms with Crippen LogP contribution < -0.4 is 14.8 Å². The van der Waals surface area contributed by atoms with E-state index in [2.05, 4.69) is 10.3 Å². The van der Waals surface area contributed by atoms with Crippen molar-refractivity contribution in [1.29, 1.82) is 0 Å². The number of amides is 2. The van der Waals surface area contributed by atoms with Crippen LogP contribution in [0.3, 0.4) is 0 Å². The molecule has 0 bridgehead atoms. The predicted molar refractivity (Wildman–Crippen MR) is 125 cm³/mol. The van der Waals surface area contributed by atoms with Gasteiger partial charge in [-0.25, -0.2) is 4.98 Å².